The van der Waals surface area contributed by atoms with E-state index in [0.717, 1.165) is 18.6 Å². The summed E-state index contributed by atoms with van der Waals surface area (Å²) in [5, 5.41) is 10.0. The van der Waals surface area contributed by atoms with E-state index < -0.39 is 0 Å². The highest BCUT2D eigenvalue weighted by Crippen LogP contribution is 2.42. The second-order valence-electron chi connectivity index (χ2n) is 5.70. The molecular formula is C16H22OS. The predicted molar refractivity (Wildman–Crippen MR) is 78.9 cm³/mol. The first-order valence-corrected chi connectivity index (χ1v) is 7.55. The van der Waals surface area contributed by atoms with E-state index in [1.165, 1.54) is 16.0 Å². The second kappa shape index (κ2) is 5.50. The molecule has 0 saturated heterocycles. The zero-order valence-electron chi connectivity index (χ0n) is 11.4. The van der Waals surface area contributed by atoms with Crippen molar-refractivity contribution in [3.8, 4) is 0 Å². The summed E-state index contributed by atoms with van der Waals surface area (Å²) in [5.74, 6) is 0.986. The van der Waals surface area contributed by atoms with Gasteiger partial charge in [-0.3, -0.25) is 0 Å². The summed E-state index contributed by atoms with van der Waals surface area (Å²) in [4.78, 5) is 1.30. The minimum Gasteiger partial charge on any atom is -0.389 e. The Labute approximate surface area is 114 Å². The Hall–Kier alpha value is -0.730. The Bertz CT molecular complexity index is 434. The second-order valence-corrected chi connectivity index (χ2v) is 6.75. The van der Waals surface area contributed by atoms with Crippen molar-refractivity contribution in [2.45, 2.75) is 44.6 Å². The molecule has 2 heteroatoms. The van der Waals surface area contributed by atoms with Crippen LogP contribution in [0.15, 0.2) is 46.4 Å². The highest BCUT2D eigenvalue weighted by molar-refractivity contribution is 7.99. The third-order valence-corrected chi connectivity index (χ3v) is 5.00. The number of hydrogen-bond acceptors (Lipinski definition) is 2. The van der Waals surface area contributed by atoms with Crippen molar-refractivity contribution in [1.82, 2.24) is 0 Å². The van der Waals surface area contributed by atoms with Crippen LogP contribution in [0.25, 0.3) is 0 Å². The first-order chi connectivity index (χ1) is 8.50. The maximum atomic E-state index is 10.0. The van der Waals surface area contributed by atoms with Gasteiger partial charge in [0.2, 0.25) is 0 Å². The first kappa shape index (κ1) is 13.7. The Morgan fingerprint density at radius 3 is 2.61 bits per heavy atom. The van der Waals surface area contributed by atoms with Gasteiger partial charge in [0.1, 0.15) is 0 Å². The van der Waals surface area contributed by atoms with Crippen molar-refractivity contribution in [3.05, 3.63) is 41.5 Å². The molecule has 1 atom stereocenters. The lowest BCUT2D eigenvalue weighted by Gasteiger charge is -2.36. The van der Waals surface area contributed by atoms with Crippen LogP contribution in [0.4, 0.5) is 0 Å². The van der Waals surface area contributed by atoms with Gasteiger partial charge >= 0.3 is 0 Å². The van der Waals surface area contributed by atoms with E-state index in [9.17, 15) is 5.11 Å². The predicted octanol–water partition coefficient (Wildman–Crippen LogP) is 4.28. The summed E-state index contributed by atoms with van der Waals surface area (Å²) in [6.45, 7) is 6.68. The standard InChI is InChI=1S/C16H22OS/c1-12-14(16(2,3)10-9-15(12)17)11-18-13-7-5-4-6-8-13/h4-8,15,17H,9-11H2,1-3H3. The van der Waals surface area contributed by atoms with Gasteiger partial charge < -0.3 is 5.11 Å². The molecule has 0 radical (unpaired) electrons. The van der Waals surface area contributed by atoms with Crippen LogP contribution in [0.3, 0.4) is 0 Å². The van der Waals surface area contributed by atoms with Crippen molar-refractivity contribution < 1.29 is 5.11 Å². The number of thioether (sulfide) groups is 1. The van der Waals surface area contributed by atoms with E-state index in [4.69, 9.17) is 0 Å². The number of benzene rings is 1. The molecule has 0 amide bonds. The largest absolute Gasteiger partial charge is 0.389 e. The van der Waals surface area contributed by atoms with Gasteiger partial charge in [-0.05, 0) is 42.9 Å². The molecule has 0 aromatic heterocycles. The number of aliphatic hydroxyl groups is 1. The molecule has 0 spiro atoms. The minimum absolute atomic E-state index is 0.227. The van der Waals surface area contributed by atoms with Crippen molar-refractivity contribution in [3.63, 3.8) is 0 Å². The lowest BCUT2D eigenvalue weighted by atomic mass is 9.72. The molecule has 1 aromatic rings. The van der Waals surface area contributed by atoms with Crippen LogP contribution in [0.2, 0.25) is 0 Å². The molecule has 2 rings (SSSR count). The smallest absolute Gasteiger partial charge is 0.0750 e. The fourth-order valence-corrected chi connectivity index (χ4v) is 3.86. The highest BCUT2D eigenvalue weighted by Gasteiger charge is 2.32. The van der Waals surface area contributed by atoms with Crippen molar-refractivity contribution in [2.24, 2.45) is 5.41 Å². The number of aliphatic hydroxyl groups excluding tert-OH is 1. The third kappa shape index (κ3) is 2.99. The topological polar surface area (TPSA) is 20.2 Å². The molecule has 1 aliphatic rings. The molecule has 0 aliphatic heterocycles. The summed E-state index contributed by atoms with van der Waals surface area (Å²) < 4.78 is 0. The molecular weight excluding hydrogens is 240 g/mol. The van der Waals surface area contributed by atoms with Crippen LogP contribution < -0.4 is 0 Å². The SMILES string of the molecule is CC1=C(CSc2ccccc2)C(C)(C)CCC1O. The average Bonchev–Trinajstić information content (AvgIpc) is 2.35. The van der Waals surface area contributed by atoms with E-state index >= 15 is 0 Å². The van der Waals surface area contributed by atoms with Crippen LogP contribution in [0, 0.1) is 5.41 Å². The van der Waals surface area contributed by atoms with Gasteiger partial charge in [0.15, 0.2) is 0 Å². The summed E-state index contributed by atoms with van der Waals surface area (Å²) in [7, 11) is 0. The fourth-order valence-electron chi connectivity index (χ4n) is 2.58. The Morgan fingerprint density at radius 1 is 1.28 bits per heavy atom. The molecule has 0 bridgehead atoms. The Balaban J connectivity index is 2.13. The molecule has 1 aliphatic carbocycles. The highest BCUT2D eigenvalue weighted by atomic mass is 32.2. The molecule has 1 aromatic carbocycles. The molecule has 1 nitrogen and oxygen atoms in total. The van der Waals surface area contributed by atoms with E-state index in [1.54, 1.807) is 0 Å². The van der Waals surface area contributed by atoms with Crippen LogP contribution in [-0.4, -0.2) is 17.0 Å². The van der Waals surface area contributed by atoms with E-state index in [0.29, 0.717) is 0 Å². The monoisotopic (exact) mass is 262 g/mol. The van der Waals surface area contributed by atoms with Crippen LogP contribution in [0.5, 0.6) is 0 Å². The van der Waals surface area contributed by atoms with Crippen LogP contribution in [-0.2, 0) is 0 Å². The minimum atomic E-state index is -0.232. The van der Waals surface area contributed by atoms with Gasteiger partial charge in [-0.2, -0.15) is 0 Å². The zero-order valence-corrected chi connectivity index (χ0v) is 12.3. The summed E-state index contributed by atoms with van der Waals surface area (Å²) in [6, 6.07) is 10.5. The number of rotatable bonds is 3. The quantitative estimate of drug-likeness (QED) is 0.648. The number of hydrogen-bond donors (Lipinski definition) is 1. The van der Waals surface area contributed by atoms with Gasteiger partial charge in [0.05, 0.1) is 6.10 Å². The maximum Gasteiger partial charge on any atom is 0.0750 e. The van der Waals surface area contributed by atoms with E-state index in [1.807, 2.05) is 17.8 Å². The maximum absolute atomic E-state index is 10.0. The van der Waals surface area contributed by atoms with Gasteiger partial charge in [-0.15, -0.1) is 11.8 Å². The van der Waals surface area contributed by atoms with E-state index in [-0.39, 0.29) is 11.5 Å². The van der Waals surface area contributed by atoms with Crippen molar-refractivity contribution in [1.29, 1.82) is 0 Å². The summed E-state index contributed by atoms with van der Waals surface area (Å²) >= 11 is 1.87. The molecule has 0 saturated carbocycles. The Kier molecular flexibility index (Phi) is 4.18. The molecule has 1 unspecified atom stereocenters. The van der Waals surface area contributed by atoms with Crippen molar-refractivity contribution in [2.75, 3.05) is 5.75 Å². The van der Waals surface area contributed by atoms with Crippen LogP contribution >= 0.6 is 11.8 Å². The van der Waals surface area contributed by atoms with Crippen LogP contribution in [0.1, 0.15) is 33.6 Å². The van der Waals surface area contributed by atoms with E-state index in [2.05, 4.69) is 45.0 Å². The van der Waals surface area contributed by atoms with Gasteiger partial charge in [0.25, 0.3) is 0 Å². The zero-order chi connectivity index (χ0) is 13.2. The lowest BCUT2D eigenvalue weighted by molar-refractivity contribution is 0.161. The van der Waals surface area contributed by atoms with Gasteiger partial charge in [-0.1, -0.05) is 37.6 Å². The first-order valence-electron chi connectivity index (χ1n) is 6.57. The average molecular weight is 262 g/mol. The molecule has 0 fully saturated rings. The molecule has 0 heterocycles. The lowest BCUT2D eigenvalue weighted by Crippen LogP contribution is -2.29. The summed E-state index contributed by atoms with van der Waals surface area (Å²) in [5.41, 5.74) is 2.84. The Morgan fingerprint density at radius 2 is 1.94 bits per heavy atom. The normalized spacial score (nSPS) is 23.2. The third-order valence-electron chi connectivity index (χ3n) is 3.96. The molecule has 18 heavy (non-hydrogen) atoms. The molecule has 1 N–H and O–H groups in total. The van der Waals surface area contributed by atoms with Gasteiger partial charge in [0, 0.05) is 10.6 Å². The van der Waals surface area contributed by atoms with Crippen molar-refractivity contribution >= 4 is 11.8 Å². The fraction of sp³-hybridized carbons (Fsp3) is 0.500. The van der Waals surface area contributed by atoms with Gasteiger partial charge in [-0.25, -0.2) is 0 Å². The molecule has 98 valence electrons. The summed E-state index contributed by atoms with van der Waals surface area (Å²) in [6.07, 6.45) is 1.75.